The standard InChI is InChI=1S/C12H16O2/c1-8-4-3-7-12(2)10(14)6-5-9(13)11(8)12/h11H,1,3-7H2,2H3. The van der Waals surface area contributed by atoms with Crippen LogP contribution in [0.1, 0.15) is 39.0 Å². The zero-order chi connectivity index (χ0) is 10.3. The third-order valence-electron chi connectivity index (χ3n) is 3.80. The Kier molecular flexibility index (Phi) is 2.09. The first-order valence-electron chi connectivity index (χ1n) is 5.29. The van der Waals surface area contributed by atoms with Crippen LogP contribution < -0.4 is 0 Å². The zero-order valence-corrected chi connectivity index (χ0v) is 8.64. The summed E-state index contributed by atoms with van der Waals surface area (Å²) in [5.41, 5.74) is 0.571. The van der Waals surface area contributed by atoms with Crippen LogP contribution in [0.15, 0.2) is 12.2 Å². The second-order valence-corrected chi connectivity index (χ2v) is 4.75. The Morgan fingerprint density at radius 3 is 2.64 bits per heavy atom. The molecule has 76 valence electrons. The first-order chi connectivity index (χ1) is 6.55. The van der Waals surface area contributed by atoms with E-state index in [-0.39, 0.29) is 17.5 Å². The first kappa shape index (κ1) is 9.63. The second kappa shape index (κ2) is 3.04. The molecule has 0 spiro atoms. The van der Waals surface area contributed by atoms with Gasteiger partial charge < -0.3 is 0 Å². The highest BCUT2D eigenvalue weighted by molar-refractivity contribution is 6.00. The number of ketones is 2. The smallest absolute Gasteiger partial charge is 0.141 e. The van der Waals surface area contributed by atoms with Crippen molar-refractivity contribution in [1.82, 2.24) is 0 Å². The molecule has 0 aromatic heterocycles. The summed E-state index contributed by atoms with van der Waals surface area (Å²) in [5.74, 6) is 0.331. The normalized spacial score (nSPS) is 38.4. The fourth-order valence-electron chi connectivity index (χ4n) is 2.97. The fourth-order valence-corrected chi connectivity index (χ4v) is 2.97. The first-order valence-corrected chi connectivity index (χ1v) is 5.29. The molecule has 0 bridgehead atoms. The van der Waals surface area contributed by atoms with Crippen molar-refractivity contribution in [3.63, 3.8) is 0 Å². The van der Waals surface area contributed by atoms with E-state index in [4.69, 9.17) is 0 Å². The lowest BCUT2D eigenvalue weighted by molar-refractivity contribution is -0.144. The molecule has 0 aliphatic heterocycles. The predicted molar refractivity (Wildman–Crippen MR) is 53.8 cm³/mol. The summed E-state index contributed by atoms with van der Waals surface area (Å²) < 4.78 is 0. The van der Waals surface area contributed by atoms with Crippen LogP contribution in [-0.4, -0.2) is 11.6 Å². The van der Waals surface area contributed by atoms with Crippen molar-refractivity contribution in [2.45, 2.75) is 39.0 Å². The van der Waals surface area contributed by atoms with Crippen molar-refractivity contribution in [2.75, 3.05) is 0 Å². The molecule has 0 saturated heterocycles. The van der Waals surface area contributed by atoms with E-state index in [0.717, 1.165) is 24.8 Å². The maximum atomic E-state index is 11.8. The quantitative estimate of drug-likeness (QED) is 0.552. The SMILES string of the molecule is C=C1CCCC2(C)C(=O)CCC(=O)C12. The van der Waals surface area contributed by atoms with E-state index in [1.54, 1.807) is 0 Å². The average Bonchev–Trinajstić information content (AvgIpc) is 2.12. The van der Waals surface area contributed by atoms with E-state index in [9.17, 15) is 9.59 Å². The van der Waals surface area contributed by atoms with E-state index >= 15 is 0 Å². The third-order valence-corrected chi connectivity index (χ3v) is 3.80. The molecule has 2 nitrogen and oxygen atoms in total. The molecule has 2 aliphatic rings. The van der Waals surface area contributed by atoms with Gasteiger partial charge in [0, 0.05) is 18.3 Å². The fraction of sp³-hybridized carbons (Fsp3) is 0.667. The highest BCUT2D eigenvalue weighted by atomic mass is 16.1. The minimum absolute atomic E-state index is 0.169. The van der Waals surface area contributed by atoms with E-state index in [1.807, 2.05) is 6.92 Å². The molecule has 0 aromatic rings. The van der Waals surface area contributed by atoms with Gasteiger partial charge in [-0.05, 0) is 19.3 Å². The van der Waals surface area contributed by atoms with Crippen LogP contribution in [0.25, 0.3) is 0 Å². The summed E-state index contributed by atoms with van der Waals surface area (Å²) in [7, 11) is 0. The highest BCUT2D eigenvalue weighted by Gasteiger charge is 2.49. The molecule has 2 heteroatoms. The molecule has 0 radical (unpaired) electrons. The number of Topliss-reactive ketones (excluding diaryl/α,β-unsaturated/α-hetero) is 2. The number of carbonyl (C=O) groups is 2. The second-order valence-electron chi connectivity index (χ2n) is 4.75. The maximum Gasteiger partial charge on any atom is 0.141 e. The number of allylic oxidation sites excluding steroid dienone is 1. The largest absolute Gasteiger partial charge is 0.299 e. The van der Waals surface area contributed by atoms with Gasteiger partial charge in [0.2, 0.25) is 0 Å². The molecule has 14 heavy (non-hydrogen) atoms. The summed E-state index contributed by atoms with van der Waals surface area (Å²) in [5, 5.41) is 0. The summed E-state index contributed by atoms with van der Waals surface area (Å²) >= 11 is 0. The molecule has 0 N–H and O–H groups in total. The van der Waals surface area contributed by atoms with E-state index in [1.165, 1.54) is 0 Å². The minimum atomic E-state index is -0.412. The monoisotopic (exact) mass is 192 g/mol. The lowest BCUT2D eigenvalue weighted by atomic mass is 9.58. The Hall–Kier alpha value is -0.920. The van der Waals surface area contributed by atoms with Gasteiger partial charge >= 0.3 is 0 Å². The van der Waals surface area contributed by atoms with Crippen LogP contribution in [0.5, 0.6) is 0 Å². The molecule has 0 aromatic carbocycles. The summed E-state index contributed by atoms with van der Waals surface area (Å²) in [4.78, 5) is 23.6. The van der Waals surface area contributed by atoms with Crippen LogP contribution in [0, 0.1) is 11.3 Å². The number of fused-ring (bicyclic) bond motifs is 1. The summed E-state index contributed by atoms with van der Waals surface area (Å²) in [6, 6.07) is 0. The molecule has 0 amide bonds. The van der Waals surface area contributed by atoms with Gasteiger partial charge in [-0.3, -0.25) is 9.59 Å². The van der Waals surface area contributed by atoms with Crippen molar-refractivity contribution >= 4 is 11.6 Å². The minimum Gasteiger partial charge on any atom is -0.299 e. The molecule has 2 aliphatic carbocycles. The van der Waals surface area contributed by atoms with Crippen LogP contribution >= 0.6 is 0 Å². The van der Waals surface area contributed by atoms with Crippen LogP contribution in [0.4, 0.5) is 0 Å². The molecule has 2 fully saturated rings. The van der Waals surface area contributed by atoms with Crippen LogP contribution in [0.2, 0.25) is 0 Å². The number of carbonyl (C=O) groups excluding carboxylic acids is 2. The Labute approximate surface area is 84.4 Å². The summed E-state index contributed by atoms with van der Waals surface area (Å²) in [6.45, 7) is 5.90. The maximum absolute atomic E-state index is 11.8. The van der Waals surface area contributed by atoms with Crippen molar-refractivity contribution in [3.8, 4) is 0 Å². The van der Waals surface area contributed by atoms with Crippen molar-refractivity contribution in [2.24, 2.45) is 11.3 Å². The molecule has 2 rings (SSSR count). The van der Waals surface area contributed by atoms with Crippen LogP contribution in [-0.2, 0) is 9.59 Å². The molecular formula is C12H16O2. The zero-order valence-electron chi connectivity index (χ0n) is 8.64. The lowest BCUT2D eigenvalue weighted by Crippen LogP contribution is -2.47. The van der Waals surface area contributed by atoms with Crippen molar-refractivity contribution < 1.29 is 9.59 Å². The van der Waals surface area contributed by atoms with Gasteiger partial charge in [0.05, 0.1) is 5.92 Å². The Morgan fingerprint density at radius 1 is 1.29 bits per heavy atom. The van der Waals surface area contributed by atoms with E-state index < -0.39 is 5.41 Å². The van der Waals surface area contributed by atoms with Crippen LogP contribution in [0.3, 0.4) is 0 Å². The van der Waals surface area contributed by atoms with Crippen molar-refractivity contribution in [3.05, 3.63) is 12.2 Å². The Bertz CT molecular complexity index is 308. The number of hydrogen-bond acceptors (Lipinski definition) is 2. The Morgan fingerprint density at radius 2 is 2.00 bits per heavy atom. The molecular weight excluding hydrogens is 176 g/mol. The highest BCUT2D eigenvalue weighted by Crippen LogP contribution is 2.48. The van der Waals surface area contributed by atoms with Gasteiger partial charge in [0.1, 0.15) is 11.6 Å². The molecule has 0 heterocycles. The van der Waals surface area contributed by atoms with Gasteiger partial charge in [-0.15, -0.1) is 0 Å². The molecule has 2 atom stereocenters. The van der Waals surface area contributed by atoms with Gasteiger partial charge in [-0.25, -0.2) is 0 Å². The predicted octanol–water partition coefficient (Wildman–Crippen LogP) is 2.28. The molecule has 2 saturated carbocycles. The third kappa shape index (κ3) is 1.17. The van der Waals surface area contributed by atoms with E-state index in [0.29, 0.717) is 12.8 Å². The number of hydrogen-bond donors (Lipinski definition) is 0. The lowest BCUT2D eigenvalue weighted by Gasteiger charge is -2.43. The van der Waals surface area contributed by atoms with E-state index in [2.05, 4.69) is 6.58 Å². The van der Waals surface area contributed by atoms with Gasteiger partial charge in [0.15, 0.2) is 0 Å². The van der Waals surface area contributed by atoms with Gasteiger partial charge in [0.25, 0.3) is 0 Å². The van der Waals surface area contributed by atoms with Gasteiger partial charge in [-0.2, -0.15) is 0 Å². The topological polar surface area (TPSA) is 34.1 Å². The number of rotatable bonds is 0. The van der Waals surface area contributed by atoms with Crippen molar-refractivity contribution in [1.29, 1.82) is 0 Å². The van der Waals surface area contributed by atoms with Gasteiger partial charge in [-0.1, -0.05) is 19.1 Å². The average molecular weight is 192 g/mol. The molecule has 2 unspecified atom stereocenters. The Balaban J connectivity index is 2.40. The summed E-state index contributed by atoms with van der Waals surface area (Å²) in [6.07, 6.45) is 3.66.